The van der Waals surface area contributed by atoms with Crippen molar-refractivity contribution < 1.29 is 23.5 Å². The summed E-state index contributed by atoms with van der Waals surface area (Å²) in [5.41, 5.74) is -1.16. The average Bonchev–Trinajstić information content (AvgIpc) is 3.12. The van der Waals surface area contributed by atoms with Crippen LogP contribution in [-0.2, 0) is 13.1 Å². The zero-order chi connectivity index (χ0) is 20.0. The second kappa shape index (κ2) is 6.83. The molecule has 1 aromatic heterocycles. The van der Waals surface area contributed by atoms with Crippen molar-refractivity contribution in [1.29, 1.82) is 0 Å². The molecule has 0 unspecified atom stereocenters. The highest BCUT2D eigenvalue weighted by Crippen LogP contribution is 2.26. The summed E-state index contributed by atoms with van der Waals surface area (Å²) in [6, 6.07) is 3.07. The molecule has 146 valence electrons. The topological polar surface area (TPSA) is 82.8 Å². The molecule has 2 aliphatic rings. The SMILES string of the molecule is O=C(CCc1ccc(F)cc1F)c1cn2c(c(O)c1=O)C(=O)N1CCCN1C2. The van der Waals surface area contributed by atoms with Crippen molar-refractivity contribution in [2.45, 2.75) is 25.9 Å². The van der Waals surface area contributed by atoms with Crippen LogP contribution < -0.4 is 5.43 Å². The van der Waals surface area contributed by atoms with Gasteiger partial charge in [0.25, 0.3) is 5.91 Å². The lowest BCUT2D eigenvalue weighted by molar-refractivity contribution is -0.0102. The maximum atomic E-state index is 13.7. The molecule has 0 atom stereocenters. The van der Waals surface area contributed by atoms with Crippen LogP contribution in [0.3, 0.4) is 0 Å². The maximum absolute atomic E-state index is 13.7. The second-order valence-electron chi connectivity index (χ2n) is 6.85. The highest BCUT2D eigenvalue weighted by molar-refractivity contribution is 5.99. The number of fused-ring (bicyclic) bond motifs is 2. The van der Waals surface area contributed by atoms with Crippen LogP contribution in [0.2, 0.25) is 0 Å². The quantitative estimate of drug-likeness (QED) is 0.805. The van der Waals surface area contributed by atoms with Crippen molar-refractivity contribution in [3.8, 4) is 5.75 Å². The molecule has 4 rings (SSSR count). The lowest BCUT2D eigenvalue weighted by Crippen LogP contribution is -2.48. The van der Waals surface area contributed by atoms with Gasteiger partial charge in [0.05, 0.1) is 12.2 Å². The van der Waals surface area contributed by atoms with Crippen LogP contribution in [0.4, 0.5) is 8.78 Å². The fourth-order valence-corrected chi connectivity index (χ4v) is 3.63. The molecule has 2 aliphatic heterocycles. The summed E-state index contributed by atoms with van der Waals surface area (Å²) >= 11 is 0. The van der Waals surface area contributed by atoms with E-state index in [1.165, 1.54) is 21.8 Å². The van der Waals surface area contributed by atoms with Crippen LogP contribution in [0.15, 0.2) is 29.2 Å². The highest BCUT2D eigenvalue weighted by Gasteiger charge is 2.37. The minimum atomic E-state index is -0.920. The highest BCUT2D eigenvalue weighted by atomic mass is 19.1. The molecule has 1 saturated heterocycles. The van der Waals surface area contributed by atoms with Crippen molar-refractivity contribution in [2.75, 3.05) is 13.1 Å². The summed E-state index contributed by atoms with van der Waals surface area (Å²) in [6.45, 7) is 1.41. The van der Waals surface area contributed by atoms with Gasteiger partial charge in [-0.3, -0.25) is 19.4 Å². The average molecular weight is 389 g/mol. The van der Waals surface area contributed by atoms with E-state index in [0.717, 1.165) is 18.6 Å². The number of carbonyl (C=O) groups is 2. The molecule has 0 radical (unpaired) electrons. The summed E-state index contributed by atoms with van der Waals surface area (Å²) in [4.78, 5) is 37.5. The molecule has 1 fully saturated rings. The molecular weight excluding hydrogens is 372 g/mol. The first-order valence-electron chi connectivity index (χ1n) is 8.87. The van der Waals surface area contributed by atoms with E-state index in [1.807, 2.05) is 0 Å². The minimum absolute atomic E-state index is 0.0221. The van der Waals surface area contributed by atoms with Gasteiger partial charge in [-0.2, -0.15) is 5.01 Å². The molecule has 7 nitrogen and oxygen atoms in total. The van der Waals surface area contributed by atoms with Gasteiger partial charge in [0.15, 0.2) is 17.2 Å². The first-order chi connectivity index (χ1) is 13.4. The first-order valence-corrected chi connectivity index (χ1v) is 8.87. The van der Waals surface area contributed by atoms with Gasteiger partial charge in [-0.25, -0.2) is 8.78 Å². The number of pyridine rings is 1. The van der Waals surface area contributed by atoms with Crippen molar-refractivity contribution >= 4 is 11.7 Å². The molecule has 1 amide bonds. The third kappa shape index (κ3) is 2.97. The van der Waals surface area contributed by atoms with Crippen molar-refractivity contribution in [3.05, 3.63) is 63.1 Å². The fourth-order valence-electron chi connectivity index (χ4n) is 3.63. The van der Waals surface area contributed by atoms with Crippen molar-refractivity contribution in [3.63, 3.8) is 0 Å². The molecule has 2 aromatic rings. The Labute approximate surface area is 158 Å². The van der Waals surface area contributed by atoms with Gasteiger partial charge in [0.1, 0.15) is 11.6 Å². The molecule has 0 bridgehead atoms. The summed E-state index contributed by atoms with van der Waals surface area (Å²) in [5, 5.41) is 13.5. The first kappa shape index (κ1) is 18.3. The third-order valence-electron chi connectivity index (χ3n) is 5.07. The Morgan fingerprint density at radius 3 is 2.71 bits per heavy atom. The number of hydrogen-bond acceptors (Lipinski definition) is 5. The van der Waals surface area contributed by atoms with E-state index < -0.39 is 34.5 Å². The molecule has 0 spiro atoms. The Balaban J connectivity index is 1.62. The zero-order valence-corrected chi connectivity index (χ0v) is 14.8. The molecule has 3 heterocycles. The van der Waals surface area contributed by atoms with Gasteiger partial charge < -0.3 is 9.67 Å². The molecule has 0 saturated carbocycles. The van der Waals surface area contributed by atoms with Gasteiger partial charge in [0.2, 0.25) is 5.43 Å². The summed E-state index contributed by atoms with van der Waals surface area (Å²) in [6.07, 6.45) is 1.83. The van der Waals surface area contributed by atoms with Gasteiger partial charge in [-0.1, -0.05) is 6.07 Å². The minimum Gasteiger partial charge on any atom is -0.503 e. The largest absolute Gasteiger partial charge is 0.503 e. The second-order valence-corrected chi connectivity index (χ2v) is 6.85. The Hall–Kier alpha value is -3.07. The van der Waals surface area contributed by atoms with Crippen LogP contribution in [0.5, 0.6) is 5.75 Å². The van der Waals surface area contributed by atoms with E-state index in [2.05, 4.69) is 0 Å². The number of aromatic hydroxyl groups is 1. The lowest BCUT2D eigenvalue weighted by atomic mass is 10.0. The summed E-state index contributed by atoms with van der Waals surface area (Å²) in [5.74, 6) is -3.31. The van der Waals surface area contributed by atoms with Crippen LogP contribution in [0, 0.1) is 11.6 Å². The number of hydrazine groups is 1. The standard InChI is InChI=1S/C19H17F2N3O4/c20-12-4-2-11(14(21)8-12)3-5-15(25)13-9-22-10-23-6-1-7-24(23)19(28)16(22)18(27)17(13)26/h2,4,8-9,27H,1,3,5-7,10H2. The van der Waals surface area contributed by atoms with E-state index in [9.17, 15) is 28.3 Å². The van der Waals surface area contributed by atoms with E-state index in [0.29, 0.717) is 13.1 Å². The van der Waals surface area contributed by atoms with E-state index in [1.54, 1.807) is 5.01 Å². The van der Waals surface area contributed by atoms with Gasteiger partial charge in [-0.05, 0) is 24.5 Å². The summed E-state index contributed by atoms with van der Waals surface area (Å²) < 4.78 is 28.1. The molecular formula is C19H17F2N3O4. The number of rotatable bonds is 4. The van der Waals surface area contributed by atoms with Gasteiger partial charge in [-0.15, -0.1) is 0 Å². The number of amides is 1. The summed E-state index contributed by atoms with van der Waals surface area (Å²) in [7, 11) is 0. The fraction of sp³-hybridized carbons (Fsp3) is 0.316. The normalized spacial score (nSPS) is 16.2. The zero-order valence-electron chi connectivity index (χ0n) is 14.8. The number of benzene rings is 1. The predicted molar refractivity (Wildman–Crippen MR) is 93.7 cm³/mol. The Kier molecular flexibility index (Phi) is 4.46. The third-order valence-corrected chi connectivity index (χ3v) is 5.07. The number of halogens is 2. The number of aryl methyl sites for hydroxylation is 1. The molecule has 28 heavy (non-hydrogen) atoms. The maximum Gasteiger partial charge on any atom is 0.288 e. The van der Waals surface area contributed by atoms with Gasteiger partial charge in [0, 0.05) is 31.8 Å². The number of aromatic nitrogens is 1. The molecule has 1 aromatic carbocycles. The monoisotopic (exact) mass is 389 g/mol. The van der Waals surface area contributed by atoms with Crippen LogP contribution >= 0.6 is 0 Å². The smallest absolute Gasteiger partial charge is 0.288 e. The van der Waals surface area contributed by atoms with E-state index >= 15 is 0 Å². The van der Waals surface area contributed by atoms with Crippen LogP contribution in [-0.4, -0.2) is 44.5 Å². The Morgan fingerprint density at radius 1 is 1.18 bits per heavy atom. The molecule has 0 aliphatic carbocycles. The Morgan fingerprint density at radius 2 is 1.96 bits per heavy atom. The number of carbonyl (C=O) groups excluding carboxylic acids is 2. The Bertz CT molecular complexity index is 1050. The van der Waals surface area contributed by atoms with Gasteiger partial charge >= 0.3 is 0 Å². The van der Waals surface area contributed by atoms with Crippen LogP contribution in [0.25, 0.3) is 0 Å². The van der Waals surface area contributed by atoms with Crippen LogP contribution in [0.1, 0.15) is 39.3 Å². The van der Waals surface area contributed by atoms with Crippen molar-refractivity contribution in [1.82, 2.24) is 14.6 Å². The molecule has 1 N–H and O–H groups in total. The molecule has 9 heteroatoms. The number of hydrogen-bond donors (Lipinski definition) is 1. The van der Waals surface area contributed by atoms with E-state index in [-0.39, 0.29) is 36.3 Å². The number of ketones is 1. The van der Waals surface area contributed by atoms with Crippen molar-refractivity contribution in [2.24, 2.45) is 0 Å². The predicted octanol–water partition coefficient (Wildman–Crippen LogP) is 1.68. The van der Waals surface area contributed by atoms with E-state index in [4.69, 9.17) is 0 Å². The number of nitrogens with zero attached hydrogens (tertiary/aromatic N) is 3. The number of Topliss-reactive ketones (excluding diaryl/α,β-unsaturated/α-hetero) is 1. The lowest BCUT2D eigenvalue weighted by Gasteiger charge is -2.35.